The van der Waals surface area contributed by atoms with Crippen LogP contribution in [0.5, 0.6) is 5.75 Å². The molecule has 0 spiro atoms. The zero-order valence-electron chi connectivity index (χ0n) is 7.77. The predicted molar refractivity (Wildman–Crippen MR) is 52.0 cm³/mol. The Morgan fingerprint density at radius 1 is 1.60 bits per heavy atom. The number of non-ortho nitro benzene ring substituents is 1. The molecule has 0 aromatic heterocycles. The summed E-state index contributed by atoms with van der Waals surface area (Å²) in [4.78, 5) is 9.62. The van der Waals surface area contributed by atoms with E-state index in [1.807, 2.05) is 0 Å². The molecule has 0 radical (unpaired) electrons. The van der Waals surface area contributed by atoms with Gasteiger partial charge in [0.25, 0.3) is 5.69 Å². The Labute approximate surface area is 85.8 Å². The Morgan fingerprint density at radius 3 is 2.87 bits per heavy atom. The normalized spacial score (nSPS) is 9.33. The molecule has 0 bridgehead atoms. The second kappa shape index (κ2) is 4.96. The van der Waals surface area contributed by atoms with Gasteiger partial charge in [-0.05, 0) is 6.07 Å². The summed E-state index contributed by atoms with van der Waals surface area (Å²) in [7, 11) is 0. The van der Waals surface area contributed by atoms with Gasteiger partial charge in [-0.2, -0.15) is 0 Å². The van der Waals surface area contributed by atoms with Crippen molar-refractivity contribution in [3.05, 3.63) is 34.1 Å². The van der Waals surface area contributed by atoms with Crippen LogP contribution in [0.1, 0.15) is 6.42 Å². The van der Waals surface area contributed by atoms with Gasteiger partial charge in [0, 0.05) is 12.5 Å². The highest BCUT2D eigenvalue weighted by atomic mass is 19.1. The van der Waals surface area contributed by atoms with Gasteiger partial charge in [0.1, 0.15) is 0 Å². The predicted octanol–water partition coefficient (Wildman–Crippen LogP) is 2.14. The molecule has 1 aromatic carbocycles. The van der Waals surface area contributed by atoms with Gasteiger partial charge in [-0.1, -0.05) is 0 Å². The first-order chi connectivity index (χ1) is 7.15. The number of nitro groups is 1. The summed E-state index contributed by atoms with van der Waals surface area (Å²) in [6.45, 7) is 0.186. The van der Waals surface area contributed by atoms with Crippen LogP contribution in [0.3, 0.4) is 0 Å². The van der Waals surface area contributed by atoms with Crippen molar-refractivity contribution in [1.82, 2.24) is 0 Å². The maximum atomic E-state index is 13.2. The first kappa shape index (κ1) is 11.0. The van der Waals surface area contributed by atoms with Crippen molar-refractivity contribution in [2.45, 2.75) is 6.42 Å². The average molecular weight is 209 g/mol. The molecule has 0 aliphatic carbocycles. The number of hydrogen-bond donors (Lipinski definition) is 0. The van der Waals surface area contributed by atoms with Crippen LogP contribution in [-0.2, 0) is 0 Å². The molecule has 0 saturated carbocycles. The maximum Gasteiger partial charge on any atom is 0.272 e. The molecule has 0 N–H and O–H groups in total. The molecule has 1 aromatic rings. The van der Waals surface area contributed by atoms with Crippen molar-refractivity contribution in [3.8, 4) is 18.1 Å². The first-order valence-corrected chi connectivity index (χ1v) is 4.15. The molecular weight excluding hydrogens is 201 g/mol. The lowest BCUT2D eigenvalue weighted by molar-refractivity contribution is -0.385. The third-order valence-electron chi connectivity index (χ3n) is 1.63. The third-order valence-corrected chi connectivity index (χ3v) is 1.63. The SMILES string of the molecule is C#CCCOc1ccc([N+](=O)[O-])cc1F. The number of hydrogen-bond acceptors (Lipinski definition) is 3. The van der Waals surface area contributed by atoms with Crippen LogP contribution >= 0.6 is 0 Å². The van der Waals surface area contributed by atoms with Gasteiger partial charge in [0.05, 0.1) is 17.6 Å². The molecule has 0 atom stereocenters. The average Bonchev–Trinajstić information content (AvgIpc) is 2.20. The van der Waals surface area contributed by atoms with Crippen molar-refractivity contribution in [2.24, 2.45) is 0 Å². The Hall–Kier alpha value is -2.09. The molecule has 0 heterocycles. The fraction of sp³-hybridized carbons (Fsp3) is 0.200. The lowest BCUT2D eigenvalue weighted by Gasteiger charge is -2.04. The molecule has 0 fully saturated rings. The number of terminal acetylenes is 1. The van der Waals surface area contributed by atoms with Crippen LogP contribution in [0.2, 0.25) is 0 Å². The molecule has 0 unspecified atom stereocenters. The standard InChI is InChI=1S/C10H8FNO3/c1-2-3-6-15-10-5-4-8(12(13)14)7-9(10)11/h1,4-5,7H,3,6H2. The van der Waals surface area contributed by atoms with Gasteiger partial charge in [-0.15, -0.1) is 12.3 Å². The van der Waals surface area contributed by atoms with E-state index < -0.39 is 10.7 Å². The Kier molecular flexibility index (Phi) is 3.63. The number of nitro benzene ring substituents is 1. The topological polar surface area (TPSA) is 52.4 Å². The molecular formula is C10H8FNO3. The van der Waals surface area contributed by atoms with E-state index in [2.05, 4.69) is 5.92 Å². The summed E-state index contributed by atoms with van der Waals surface area (Å²) in [5.74, 6) is 1.54. The number of benzene rings is 1. The number of halogens is 1. The van der Waals surface area contributed by atoms with Gasteiger partial charge in [-0.3, -0.25) is 10.1 Å². The van der Waals surface area contributed by atoms with E-state index in [1.54, 1.807) is 0 Å². The molecule has 0 saturated heterocycles. The minimum atomic E-state index is -0.763. The maximum absolute atomic E-state index is 13.2. The lowest BCUT2D eigenvalue weighted by Crippen LogP contribution is -1.98. The zero-order chi connectivity index (χ0) is 11.3. The van der Waals surface area contributed by atoms with E-state index in [-0.39, 0.29) is 18.0 Å². The van der Waals surface area contributed by atoms with Crippen molar-refractivity contribution in [3.63, 3.8) is 0 Å². The van der Waals surface area contributed by atoms with Crippen molar-refractivity contribution in [2.75, 3.05) is 6.61 Å². The molecule has 0 aliphatic rings. The van der Waals surface area contributed by atoms with Gasteiger partial charge < -0.3 is 4.74 Å². The molecule has 4 nitrogen and oxygen atoms in total. The molecule has 1 rings (SSSR count). The third kappa shape index (κ3) is 2.95. The van der Waals surface area contributed by atoms with Gasteiger partial charge in [0.2, 0.25) is 0 Å². The Morgan fingerprint density at radius 2 is 2.33 bits per heavy atom. The fourth-order valence-electron chi connectivity index (χ4n) is 0.940. The summed E-state index contributed by atoms with van der Waals surface area (Å²) >= 11 is 0. The molecule has 0 amide bonds. The van der Waals surface area contributed by atoms with Crippen LogP contribution < -0.4 is 4.74 Å². The highest BCUT2D eigenvalue weighted by Gasteiger charge is 2.10. The fourth-order valence-corrected chi connectivity index (χ4v) is 0.940. The Bertz CT molecular complexity index is 412. The number of ether oxygens (including phenoxy) is 1. The van der Waals surface area contributed by atoms with Crippen LogP contribution in [0.4, 0.5) is 10.1 Å². The van der Waals surface area contributed by atoms with Gasteiger partial charge in [0.15, 0.2) is 11.6 Å². The highest BCUT2D eigenvalue weighted by molar-refractivity contribution is 5.37. The molecule has 5 heteroatoms. The second-order valence-electron chi connectivity index (χ2n) is 2.67. The van der Waals surface area contributed by atoms with Crippen molar-refractivity contribution >= 4 is 5.69 Å². The number of rotatable bonds is 4. The van der Waals surface area contributed by atoms with E-state index in [1.165, 1.54) is 12.1 Å². The smallest absolute Gasteiger partial charge is 0.272 e. The van der Waals surface area contributed by atoms with Gasteiger partial charge >= 0.3 is 0 Å². The van der Waals surface area contributed by atoms with E-state index >= 15 is 0 Å². The Balaban J connectivity index is 2.76. The summed E-state index contributed by atoms with van der Waals surface area (Å²) in [6, 6.07) is 3.20. The monoisotopic (exact) mass is 209 g/mol. The molecule has 78 valence electrons. The minimum Gasteiger partial charge on any atom is -0.490 e. The first-order valence-electron chi connectivity index (χ1n) is 4.15. The summed E-state index contributed by atoms with van der Waals surface area (Å²) in [5.41, 5.74) is -0.309. The van der Waals surface area contributed by atoms with Gasteiger partial charge in [-0.25, -0.2) is 4.39 Å². The minimum absolute atomic E-state index is 0.0316. The van der Waals surface area contributed by atoms with E-state index in [0.29, 0.717) is 6.42 Å². The van der Waals surface area contributed by atoms with Crippen molar-refractivity contribution < 1.29 is 14.1 Å². The van der Waals surface area contributed by atoms with Crippen LogP contribution in [0.15, 0.2) is 18.2 Å². The van der Waals surface area contributed by atoms with Crippen LogP contribution in [0.25, 0.3) is 0 Å². The highest BCUT2D eigenvalue weighted by Crippen LogP contribution is 2.22. The number of nitrogens with zero attached hydrogens (tertiary/aromatic N) is 1. The van der Waals surface area contributed by atoms with Crippen LogP contribution in [-0.4, -0.2) is 11.5 Å². The summed E-state index contributed by atoms with van der Waals surface area (Å²) in [5, 5.41) is 10.3. The van der Waals surface area contributed by atoms with E-state index in [0.717, 1.165) is 6.07 Å². The quantitative estimate of drug-likeness (QED) is 0.330. The second-order valence-corrected chi connectivity index (χ2v) is 2.67. The molecule has 0 aliphatic heterocycles. The summed E-state index contributed by atoms with van der Waals surface area (Å²) < 4.78 is 18.1. The lowest BCUT2D eigenvalue weighted by atomic mass is 10.3. The summed E-state index contributed by atoms with van der Waals surface area (Å²) in [6.07, 6.45) is 5.34. The zero-order valence-corrected chi connectivity index (χ0v) is 7.77. The van der Waals surface area contributed by atoms with E-state index in [9.17, 15) is 14.5 Å². The van der Waals surface area contributed by atoms with Crippen molar-refractivity contribution in [1.29, 1.82) is 0 Å². The van der Waals surface area contributed by atoms with E-state index in [4.69, 9.17) is 11.2 Å². The largest absolute Gasteiger partial charge is 0.490 e. The van der Waals surface area contributed by atoms with Crippen LogP contribution in [0, 0.1) is 28.3 Å². The molecule has 15 heavy (non-hydrogen) atoms.